The molecule has 1 saturated heterocycles. The van der Waals surface area contributed by atoms with Crippen molar-refractivity contribution in [2.45, 2.75) is 0 Å². The van der Waals surface area contributed by atoms with E-state index in [9.17, 15) is 13.2 Å². The van der Waals surface area contributed by atoms with E-state index in [1.807, 2.05) is 0 Å². The maximum absolute atomic E-state index is 12.7. The Bertz CT molecular complexity index is 885. The summed E-state index contributed by atoms with van der Waals surface area (Å²) in [7, 11) is -1.68. The molecule has 0 radical (unpaired) electrons. The number of nitrogens with zero attached hydrogens (tertiary/aromatic N) is 2. The standard InChI is InChI=1S/C15H17BrN2O5S/c1-22-12-7-10(8-13-11(12)9-14(16)23-13)15(19)17-3-5-18(6-4-17)24(2,20)21/h7-9H,3-6H2,1-2H3. The van der Waals surface area contributed by atoms with Gasteiger partial charge in [-0.2, -0.15) is 4.31 Å². The van der Waals surface area contributed by atoms with Crippen LogP contribution in [0, 0.1) is 0 Å². The summed E-state index contributed by atoms with van der Waals surface area (Å²) in [4.78, 5) is 14.4. The number of halogens is 1. The SMILES string of the molecule is COc1cc(C(=O)N2CCN(S(C)(=O)=O)CC2)cc2oc(Br)cc12. The summed E-state index contributed by atoms with van der Waals surface area (Å²) in [6.07, 6.45) is 1.18. The van der Waals surface area contributed by atoms with Gasteiger partial charge < -0.3 is 14.1 Å². The van der Waals surface area contributed by atoms with E-state index in [4.69, 9.17) is 9.15 Å². The largest absolute Gasteiger partial charge is 0.496 e. The number of sulfonamides is 1. The van der Waals surface area contributed by atoms with Crippen LogP contribution in [0.5, 0.6) is 5.75 Å². The number of methoxy groups -OCH3 is 1. The van der Waals surface area contributed by atoms with Crippen LogP contribution >= 0.6 is 15.9 Å². The van der Waals surface area contributed by atoms with Gasteiger partial charge in [-0.1, -0.05) is 0 Å². The molecular formula is C15H17BrN2O5S. The third-order valence-electron chi connectivity index (χ3n) is 4.03. The summed E-state index contributed by atoms with van der Waals surface area (Å²) in [6, 6.07) is 5.14. The molecule has 0 saturated carbocycles. The van der Waals surface area contributed by atoms with Crippen LogP contribution in [0.25, 0.3) is 11.0 Å². The molecule has 1 aromatic heterocycles. The highest BCUT2D eigenvalue weighted by Gasteiger charge is 2.27. The lowest BCUT2D eigenvalue weighted by Gasteiger charge is -2.33. The van der Waals surface area contributed by atoms with E-state index >= 15 is 0 Å². The molecule has 0 unspecified atom stereocenters. The first-order valence-corrected chi connectivity index (χ1v) is 9.95. The van der Waals surface area contributed by atoms with Crippen molar-refractivity contribution in [3.8, 4) is 5.75 Å². The van der Waals surface area contributed by atoms with Crippen molar-refractivity contribution in [1.82, 2.24) is 9.21 Å². The molecule has 0 bridgehead atoms. The highest BCUT2D eigenvalue weighted by Crippen LogP contribution is 2.33. The quantitative estimate of drug-likeness (QED) is 0.763. The van der Waals surface area contributed by atoms with Crippen molar-refractivity contribution in [2.75, 3.05) is 39.5 Å². The number of piperazine rings is 1. The van der Waals surface area contributed by atoms with Gasteiger partial charge in [0, 0.05) is 37.8 Å². The summed E-state index contributed by atoms with van der Waals surface area (Å²) in [5.41, 5.74) is 1.01. The van der Waals surface area contributed by atoms with Gasteiger partial charge in [0.1, 0.15) is 11.3 Å². The number of ether oxygens (including phenoxy) is 1. The predicted octanol–water partition coefficient (Wildman–Crippen LogP) is 1.92. The molecule has 2 aromatic rings. The van der Waals surface area contributed by atoms with Crippen LogP contribution in [0.1, 0.15) is 10.4 Å². The van der Waals surface area contributed by atoms with Crippen LogP contribution < -0.4 is 4.74 Å². The van der Waals surface area contributed by atoms with Crippen molar-refractivity contribution in [3.63, 3.8) is 0 Å². The van der Waals surface area contributed by atoms with Crippen LogP contribution in [0.4, 0.5) is 0 Å². The van der Waals surface area contributed by atoms with Gasteiger partial charge in [-0.05, 0) is 28.1 Å². The minimum absolute atomic E-state index is 0.170. The second kappa shape index (κ2) is 6.38. The maximum Gasteiger partial charge on any atom is 0.254 e. The molecule has 2 heterocycles. The highest BCUT2D eigenvalue weighted by molar-refractivity contribution is 9.10. The molecule has 1 aliphatic rings. The van der Waals surface area contributed by atoms with E-state index in [2.05, 4.69) is 15.9 Å². The van der Waals surface area contributed by atoms with Crippen LogP contribution in [0.2, 0.25) is 0 Å². The third-order valence-corrected chi connectivity index (χ3v) is 5.73. The smallest absolute Gasteiger partial charge is 0.254 e. The summed E-state index contributed by atoms with van der Waals surface area (Å²) in [6.45, 7) is 1.31. The van der Waals surface area contributed by atoms with E-state index in [1.165, 1.54) is 17.7 Å². The number of carbonyl (C=O) groups excluding carboxylic acids is 1. The van der Waals surface area contributed by atoms with Crippen LogP contribution in [-0.2, 0) is 10.0 Å². The lowest BCUT2D eigenvalue weighted by Crippen LogP contribution is -2.50. The zero-order valence-electron chi connectivity index (χ0n) is 13.3. The Morgan fingerprint density at radius 3 is 2.46 bits per heavy atom. The first-order chi connectivity index (χ1) is 11.3. The van der Waals surface area contributed by atoms with Crippen molar-refractivity contribution in [1.29, 1.82) is 0 Å². The van der Waals surface area contributed by atoms with Crippen molar-refractivity contribution in [3.05, 3.63) is 28.4 Å². The fraction of sp³-hybridized carbons (Fsp3) is 0.400. The maximum atomic E-state index is 12.7. The second-order valence-electron chi connectivity index (χ2n) is 5.60. The summed E-state index contributed by atoms with van der Waals surface area (Å²) < 4.78 is 35.9. The fourth-order valence-corrected chi connectivity index (χ4v) is 4.00. The van der Waals surface area contributed by atoms with Crippen LogP contribution in [-0.4, -0.2) is 63.1 Å². The van der Waals surface area contributed by atoms with Gasteiger partial charge in [0.05, 0.1) is 18.8 Å². The second-order valence-corrected chi connectivity index (χ2v) is 8.36. The number of amides is 1. The molecule has 1 fully saturated rings. The number of rotatable bonds is 3. The van der Waals surface area contributed by atoms with E-state index in [1.54, 1.807) is 23.1 Å². The van der Waals surface area contributed by atoms with Crippen molar-refractivity contribution >= 4 is 42.8 Å². The zero-order chi connectivity index (χ0) is 17.5. The molecular weight excluding hydrogens is 400 g/mol. The average Bonchev–Trinajstić information content (AvgIpc) is 2.92. The van der Waals surface area contributed by atoms with E-state index in [-0.39, 0.29) is 5.91 Å². The molecule has 0 N–H and O–H groups in total. The summed E-state index contributed by atoms with van der Waals surface area (Å²) in [5, 5.41) is 0.780. The Morgan fingerprint density at radius 2 is 1.88 bits per heavy atom. The molecule has 0 aliphatic carbocycles. The number of carbonyl (C=O) groups is 1. The molecule has 7 nitrogen and oxygen atoms in total. The van der Waals surface area contributed by atoms with Crippen molar-refractivity contribution < 1.29 is 22.4 Å². The number of hydrogen-bond acceptors (Lipinski definition) is 5. The lowest BCUT2D eigenvalue weighted by molar-refractivity contribution is 0.0698. The van der Waals surface area contributed by atoms with Gasteiger partial charge in [0.25, 0.3) is 5.91 Å². The monoisotopic (exact) mass is 416 g/mol. The minimum Gasteiger partial charge on any atom is -0.496 e. The van der Waals surface area contributed by atoms with Gasteiger partial charge in [-0.15, -0.1) is 0 Å². The average molecular weight is 417 g/mol. The molecule has 1 amide bonds. The van der Waals surface area contributed by atoms with Gasteiger partial charge in [-0.25, -0.2) is 8.42 Å². The van der Waals surface area contributed by atoms with Gasteiger partial charge >= 0.3 is 0 Å². The molecule has 1 aromatic carbocycles. The Balaban J connectivity index is 1.84. The number of hydrogen-bond donors (Lipinski definition) is 0. The molecule has 1 aliphatic heterocycles. The minimum atomic E-state index is -3.22. The molecule has 0 atom stereocenters. The van der Waals surface area contributed by atoms with E-state index in [0.717, 1.165) is 5.39 Å². The topological polar surface area (TPSA) is 80.1 Å². The molecule has 0 spiro atoms. The van der Waals surface area contributed by atoms with E-state index in [0.29, 0.717) is 47.7 Å². The zero-order valence-corrected chi connectivity index (χ0v) is 15.7. The number of fused-ring (bicyclic) bond motifs is 1. The third kappa shape index (κ3) is 3.28. The Labute approximate surface area is 148 Å². The molecule has 24 heavy (non-hydrogen) atoms. The van der Waals surface area contributed by atoms with Gasteiger partial charge in [0.15, 0.2) is 4.67 Å². The Hall–Kier alpha value is -1.58. The number of furan rings is 1. The highest BCUT2D eigenvalue weighted by atomic mass is 79.9. The van der Waals surface area contributed by atoms with E-state index < -0.39 is 10.0 Å². The lowest BCUT2D eigenvalue weighted by atomic mass is 10.1. The summed E-state index contributed by atoms with van der Waals surface area (Å²) >= 11 is 3.27. The summed E-state index contributed by atoms with van der Waals surface area (Å²) in [5.74, 6) is 0.385. The molecule has 9 heteroatoms. The first-order valence-electron chi connectivity index (χ1n) is 7.31. The molecule has 3 rings (SSSR count). The fourth-order valence-electron chi connectivity index (χ4n) is 2.77. The predicted molar refractivity (Wildman–Crippen MR) is 92.8 cm³/mol. The Kier molecular flexibility index (Phi) is 4.58. The molecule has 130 valence electrons. The van der Waals surface area contributed by atoms with Crippen molar-refractivity contribution in [2.24, 2.45) is 0 Å². The Morgan fingerprint density at radius 1 is 1.21 bits per heavy atom. The van der Waals surface area contributed by atoms with Gasteiger partial charge in [-0.3, -0.25) is 4.79 Å². The first kappa shape index (κ1) is 17.2. The van der Waals surface area contributed by atoms with Crippen LogP contribution in [0.3, 0.4) is 0 Å². The number of benzene rings is 1. The normalized spacial score (nSPS) is 16.5. The van der Waals surface area contributed by atoms with Gasteiger partial charge in [0.2, 0.25) is 10.0 Å². The van der Waals surface area contributed by atoms with Crippen LogP contribution in [0.15, 0.2) is 27.3 Å².